The number of nitrogens with one attached hydrogen (secondary N) is 1. The summed E-state index contributed by atoms with van der Waals surface area (Å²) in [6.45, 7) is 5.70. The van der Waals surface area contributed by atoms with Crippen molar-refractivity contribution in [2.75, 3.05) is 19.7 Å². The highest BCUT2D eigenvalue weighted by atomic mass is 31.2. The van der Waals surface area contributed by atoms with Crippen molar-refractivity contribution in [3.05, 3.63) is 36.4 Å². The summed E-state index contributed by atoms with van der Waals surface area (Å²) in [7, 11) is -4.43. The summed E-state index contributed by atoms with van der Waals surface area (Å²) in [5.41, 5.74) is 1.37. The first-order valence-corrected chi connectivity index (χ1v) is 7.69. The lowest BCUT2D eigenvalue weighted by Crippen LogP contribution is -2.21. The predicted octanol–water partition coefficient (Wildman–Crippen LogP) is 1.32. The standard InChI is InChI=1S/C13H18NO6P/c1-10(9-14-7-8-19-21(16,17)18)12-5-3-4-6-13(12)20-11(2)15/h3-6,14H,1,7-9H2,2H3,(H2,16,17,18). The van der Waals surface area contributed by atoms with E-state index in [-0.39, 0.29) is 13.2 Å². The molecule has 0 saturated heterocycles. The Morgan fingerprint density at radius 2 is 2.05 bits per heavy atom. The molecule has 1 aromatic carbocycles. The van der Waals surface area contributed by atoms with Crippen LogP contribution in [0.2, 0.25) is 0 Å². The minimum Gasteiger partial charge on any atom is -0.426 e. The maximum Gasteiger partial charge on any atom is 0.469 e. The Hall–Kier alpha value is -1.50. The van der Waals surface area contributed by atoms with E-state index in [9.17, 15) is 9.36 Å². The number of ether oxygens (including phenoxy) is 1. The zero-order valence-electron chi connectivity index (χ0n) is 11.6. The number of rotatable bonds is 8. The van der Waals surface area contributed by atoms with Crippen molar-refractivity contribution < 1.29 is 28.4 Å². The van der Waals surface area contributed by atoms with Crippen molar-refractivity contribution in [3.63, 3.8) is 0 Å². The van der Waals surface area contributed by atoms with Gasteiger partial charge in [0, 0.05) is 25.6 Å². The highest BCUT2D eigenvalue weighted by molar-refractivity contribution is 7.46. The van der Waals surface area contributed by atoms with Crippen LogP contribution in [0.15, 0.2) is 30.8 Å². The van der Waals surface area contributed by atoms with Gasteiger partial charge in [0.1, 0.15) is 5.75 Å². The number of phosphoric acid groups is 1. The molecule has 0 heterocycles. The third-order valence-corrected chi connectivity index (χ3v) is 2.92. The second kappa shape index (κ2) is 8.07. The first-order valence-electron chi connectivity index (χ1n) is 6.16. The van der Waals surface area contributed by atoms with E-state index in [1.807, 2.05) is 0 Å². The Balaban J connectivity index is 2.49. The molecule has 7 nitrogen and oxygen atoms in total. The summed E-state index contributed by atoms with van der Waals surface area (Å²) >= 11 is 0. The van der Waals surface area contributed by atoms with Crippen LogP contribution in [0.5, 0.6) is 5.75 Å². The molecule has 3 N–H and O–H groups in total. The van der Waals surface area contributed by atoms with Crippen LogP contribution in [0, 0.1) is 0 Å². The number of phosphoric ester groups is 1. The molecule has 0 fully saturated rings. The average Bonchev–Trinajstić information content (AvgIpc) is 2.36. The minimum absolute atomic E-state index is 0.122. The van der Waals surface area contributed by atoms with E-state index in [0.29, 0.717) is 23.4 Å². The van der Waals surface area contributed by atoms with Crippen LogP contribution >= 0.6 is 7.82 Å². The van der Waals surface area contributed by atoms with E-state index in [1.165, 1.54) is 6.92 Å². The fourth-order valence-corrected chi connectivity index (χ4v) is 1.90. The highest BCUT2D eigenvalue weighted by Gasteiger charge is 2.13. The Kier molecular flexibility index (Phi) is 6.74. The molecule has 116 valence electrons. The SMILES string of the molecule is C=C(CNCCOP(=O)(O)O)c1ccccc1OC(C)=O. The molecule has 0 bridgehead atoms. The first kappa shape index (κ1) is 17.6. The number of carbonyl (C=O) groups excluding carboxylic acids is 1. The zero-order chi connectivity index (χ0) is 15.9. The zero-order valence-corrected chi connectivity index (χ0v) is 12.5. The molecule has 0 aliphatic carbocycles. The van der Waals surface area contributed by atoms with Crippen LogP contribution in [0.4, 0.5) is 0 Å². The summed E-state index contributed by atoms with van der Waals surface area (Å²) < 4.78 is 19.9. The fraction of sp³-hybridized carbons (Fsp3) is 0.308. The average molecular weight is 315 g/mol. The quantitative estimate of drug-likeness (QED) is 0.287. The van der Waals surface area contributed by atoms with Crippen LogP contribution in [0.25, 0.3) is 5.57 Å². The maximum absolute atomic E-state index is 11.0. The van der Waals surface area contributed by atoms with E-state index in [4.69, 9.17) is 14.5 Å². The van der Waals surface area contributed by atoms with Crippen molar-refractivity contribution in [2.24, 2.45) is 0 Å². The lowest BCUT2D eigenvalue weighted by molar-refractivity contribution is -0.131. The van der Waals surface area contributed by atoms with E-state index >= 15 is 0 Å². The van der Waals surface area contributed by atoms with E-state index < -0.39 is 13.8 Å². The molecule has 0 saturated carbocycles. The van der Waals surface area contributed by atoms with Gasteiger partial charge < -0.3 is 19.8 Å². The third kappa shape index (κ3) is 7.17. The van der Waals surface area contributed by atoms with Gasteiger partial charge in [0.25, 0.3) is 0 Å². The van der Waals surface area contributed by atoms with Crippen LogP contribution in [0.1, 0.15) is 12.5 Å². The Morgan fingerprint density at radius 1 is 1.38 bits per heavy atom. The summed E-state index contributed by atoms with van der Waals surface area (Å²) in [5.74, 6) is 0.00141. The molecular formula is C13H18NO6P. The van der Waals surface area contributed by atoms with Gasteiger partial charge in [-0.3, -0.25) is 9.32 Å². The van der Waals surface area contributed by atoms with Crippen molar-refractivity contribution in [3.8, 4) is 5.75 Å². The smallest absolute Gasteiger partial charge is 0.426 e. The van der Waals surface area contributed by atoms with Gasteiger partial charge in [-0.05, 0) is 11.6 Å². The van der Waals surface area contributed by atoms with Gasteiger partial charge in [-0.15, -0.1) is 0 Å². The van der Waals surface area contributed by atoms with Crippen LogP contribution in [-0.2, 0) is 13.9 Å². The molecule has 1 aromatic rings. The van der Waals surface area contributed by atoms with Gasteiger partial charge in [-0.25, -0.2) is 4.57 Å². The first-order chi connectivity index (χ1) is 9.79. The van der Waals surface area contributed by atoms with Gasteiger partial charge in [-0.2, -0.15) is 0 Å². The van der Waals surface area contributed by atoms with Crippen LogP contribution in [-0.4, -0.2) is 35.5 Å². The highest BCUT2D eigenvalue weighted by Crippen LogP contribution is 2.35. The van der Waals surface area contributed by atoms with Crippen molar-refractivity contribution >= 4 is 19.4 Å². The summed E-state index contributed by atoms with van der Waals surface area (Å²) in [5, 5.41) is 2.93. The monoisotopic (exact) mass is 315 g/mol. The molecule has 0 aromatic heterocycles. The molecular weight excluding hydrogens is 297 g/mol. The number of hydrogen-bond donors (Lipinski definition) is 3. The molecule has 0 aliphatic heterocycles. The summed E-state index contributed by atoms with van der Waals surface area (Å²) in [4.78, 5) is 28.1. The molecule has 0 amide bonds. The molecule has 21 heavy (non-hydrogen) atoms. The summed E-state index contributed by atoms with van der Waals surface area (Å²) in [6, 6.07) is 6.98. The van der Waals surface area contributed by atoms with Crippen molar-refractivity contribution in [1.82, 2.24) is 5.32 Å². The second-order valence-electron chi connectivity index (χ2n) is 4.19. The Labute approximate surface area is 122 Å². The lowest BCUT2D eigenvalue weighted by Gasteiger charge is -2.12. The van der Waals surface area contributed by atoms with Gasteiger partial charge in [-0.1, -0.05) is 24.8 Å². The molecule has 0 radical (unpaired) electrons. The van der Waals surface area contributed by atoms with Gasteiger partial charge >= 0.3 is 13.8 Å². The topological polar surface area (TPSA) is 105 Å². The van der Waals surface area contributed by atoms with Crippen LogP contribution in [0.3, 0.4) is 0 Å². The summed E-state index contributed by atoms with van der Waals surface area (Å²) in [6.07, 6.45) is 0. The van der Waals surface area contributed by atoms with E-state index in [1.54, 1.807) is 24.3 Å². The molecule has 0 spiro atoms. The molecule has 8 heteroatoms. The Morgan fingerprint density at radius 3 is 2.67 bits per heavy atom. The number of benzene rings is 1. The molecule has 0 aliphatic rings. The van der Waals surface area contributed by atoms with Gasteiger partial charge in [0.05, 0.1) is 6.61 Å². The lowest BCUT2D eigenvalue weighted by atomic mass is 10.1. The fourth-order valence-electron chi connectivity index (χ4n) is 1.57. The molecule has 1 rings (SSSR count). The van der Waals surface area contributed by atoms with Crippen molar-refractivity contribution in [1.29, 1.82) is 0 Å². The Bertz CT molecular complexity index is 553. The number of esters is 1. The third-order valence-electron chi connectivity index (χ3n) is 2.40. The van der Waals surface area contributed by atoms with Crippen molar-refractivity contribution in [2.45, 2.75) is 6.92 Å². The normalized spacial score (nSPS) is 11.2. The van der Waals surface area contributed by atoms with Gasteiger partial charge in [0.2, 0.25) is 0 Å². The van der Waals surface area contributed by atoms with Gasteiger partial charge in [0.15, 0.2) is 0 Å². The van der Waals surface area contributed by atoms with Crippen LogP contribution < -0.4 is 10.1 Å². The number of carbonyl (C=O) groups is 1. The number of hydrogen-bond acceptors (Lipinski definition) is 5. The largest absolute Gasteiger partial charge is 0.469 e. The maximum atomic E-state index is 11.0. The molecule has 0 atom stereocenters. The predicted molar refractivity (Wildman–Crippen MR) is 77.7 cm³/mol. The molecule has 0 unspecified atom stereocenters. The van der Waals surface area contributed by atoms with E-state index in [0.717, 1.165) is 0 Å². The van der Waals surface area contributed by atoms with E-state index in [2.05, 4.69) is 16.4 Å². The minimum atomic E-state index is -4.43. The number of para-hydroxylation sites is 1. The second-order valence-corrected chi connectivity index (χ2v) is 5.43.